The summed E-state index contributed by atoms with van der Waals surface area (Å²) >= 11 is 0. The van der Waals surface area contributed by atoms with E-state index in [1.807, 2.05) is 55.5 Å². The minimum absolute atomic E-state index is 0.0137. The number of para-hydroxylation sites is 2. The Kier molecular flexibility index (Phi) is 6.33. The highest BCUT2D eigenvalue weighted by molar-refractivity contribution is 5.99. The maximum absolute atomic E-state index is 13.1. The highest BCUT2D eigenvalue weighted by atomic mass is 16.5. The Bertz CT molecular complexity index is 969. The predicted octanol–water partition coefficient (Wildman–Crippen LogP) is 1.54. The molecule has 2 amide bonds. The standard InChI is InChI=1S/C20H23N5O3/c1-15-7-3-5-9-17(15)24(13-19(26)21-11-12-28-2)20(27)14-25-18-10-6-4-8-16(18)22-23-25/h3-10H,11-14H2,1-2H3,(H,21,26). The van der Waals surface area contributed by atoms with E-state index in [9.17, 15) is 9.59 Å². The van der Waals surface area contributed by atoms with Crippen molar-refractivity contribution in [1.29, 1.82) is 0 Å². The summed E-state index contributed by atoms with van der Waals surface area (Å²) in [4.78, 5) is 26.9. The maximum Gasteiger partial charge on any atom is 0.249 e. The highest BCUT2D eigenvalue weighted by Crippen LogP contribution is 2.20. The highest BCUT2D eigenvalue weighted by Gasteiger charge is 2.22. The fourth-order valence-corrected chi connectivity index (χ4v) is 2.91. The number of carbonyl (C=O) groups excluding carboxylic acids is 2. The van der Waals surface area contributed by atoms with Crippen molar-refractivity contribution in [2.24, 2.45) is 0 Å². The van der Waals surface area contributed by atoms with E-state index >= 15 is 0 Å². The van der Waals surface area contributed by atoms with Gasteiger partial charge < -0.3 is 15.0 Å². The fourth-order valence-electron chi connectivity index (χ4n) is 2.91. The van der Waals surface area contributed by atoms with E-state index in [0.29, 0.717) is 18.8 Å². The van der Waals surface area contributed by atoms with E-state index in [1.165, 1.54) is 4.90 Å². The molecule has 0 saturated heterocycles. The largest absolute Gasteiger partial charge is 0.383 e. The second kappa shape index (κ2) is 9.09. The minimum Gasteiger partial charge on any atom is -0.383 e. The Morgan fingerprint density at radius 1 is 1.14 bits per heavy atom. The van der Waals surface area contributed by atoms with Gasteiger partial charge in [0, 0.05) is 19.3 Å². The molecule has 8 heteroatoms. The van der Waals surface area contributed by atoms with E-state index < -0.39 is 0 Å². The van der Waals surface area contributed by atoms with Crippen LogP contribution in [-0.4, -0.2) is 53.6 Å². The number of anilines is 1. The number of methoxy groups -OCH3 is 1. The topological polar surface area (TPSA) is 89.4 Å². The van der Waals surface area contributed by atoms with Crippen LogP contribution in [0.15, 0.2) is 48.5 Å². The fraction of sp³-hybridized carbons (Fsp3) is 0.300. The van der Waals surface area contributed by atoms with Crippen molar-refractivity contribution in [3.63, 3.8) is 0 Å². The monoisotopic (exact) mass is 381 g/mol. The summed E-state index contributed by atoms with van der Waals surface area (Å²) in [6.07, 6.45) is 0. The molecule has 8 nitrogen and oxygen atoms in total. The van der Waals surface area contributed by atoms with Crippen molar-refractivity contribution in [2.75, 3.05) is 31.7 Å². The van der Waals surface area contributed by atoms with Crippen LogP contribution in [0.3, 0.4) is 0 Å². The SMILES string of the molecule is COCCNC(=O)CN(C(=O)Cn1nnc2ccccc21)c1ccccc1C. The van der Waals surface area contributed by atoms with Crippen LogP contribution in [0.4, 0.5) is 5.69 Å². The number of hydrogen-bond donors (Lipinski definition) is 1. The van der Waals surface area contributed by atoms with E-state index in [4.69, 9.17) is 4.74 Å². The van der Waals surface area contributed by atoms with Gasteiger partial charge in [0.15, 0.2) is 0 Å². The summed E-state index contributed by atoms with van der Waals surface area (Å²) in [5.41, 5.74) is 3.09. The van der Waals surface area contributed by atoms with Crippen LogP contribution in [0, 0.1) is 6.92 Å². The molecule has 0 aliphatic carbocycles. The third kappa shape index (κ3) is 4.52. The molecule has 0 spiro atoms. The maximum atomic E-state index is 13.1. The summed E-state index contributed by atoms with van der Waals surface area (Å²) in [7, 11) is 1.57. The molecular formula is C20H23N5O3. The quantitative estimate of drug-likeness (QED) is 0.598. The van der Waals surface area contributed by atoms with Gasteiger partial charge in [-0.05, 0) is 30.7 Å². The molecule has 0 aliphatic rings. The Balaban J connectivity index is 1.82. The summed E-state index contributed by atoms with van der Waals surface area (Å²) in [6.45, 7) is 2.61. The van der Waals surface area contributed by atoms with Gasteiger partial charge in [-0.15, -0.1) is 5.10 Å². The normalized spacial score (nSPS) is 10.8. The van der Waals surface area contributed by atoms with Crippen molar-refractivity contribution >= 4 is 28.5 Å². The second-order valence-corrected chi connectivity index (χ2v) is 6.34. The van der Waals surface area contributed by atoms with Gasteiger partial charge in [0.2, 0.25) is 11.8 Å². The molecule has 0 atom stereocenters. The molecule has 3 aromatic rings. The van der Waals surface area contributed by atoms with Gasteiger partial charge in [-0.3, -0.25) is 9.59 Å². The van der Waals surface area contributed by atoms with Gasteiger partial charge in [-0.1, -0.05) is 35.5 Å². The summed E-state index contributed by atoms with van der Waals surface area (Å²) in [6, 6.07) is 14.9. The zero-order valence-corrected chi connectivity index (χ0v) is 16.0. The van der Waals surface area contributed by atoms with E-state index in [0.717, 1.165) is 16.6 Å². The Morgan fingerprint density at radius 2 is 1.89 bits per heavy atom. The molecule has 0 radical (unpaired) electrons. The lowest BCUT2D eigenvalue weighted by Crippen LogP contribution is -2.43. The van der Waals surface area contributed by atoms with Crippen LogP contribution in [0.5, 0.6) is 0 Å². The number of benzene rings is 2. The molecule has 1 heterocycles. The molecule has 0 unspecified atom stereocenters. The van der Waals surface area contributed by atoms with Crippen LogP contribution >= 0.6 is 0 Å². The van der Waals surface area contributed by atoms with Crippen LogP contribution < -0.4 is 10.2 Å². The number of aryl methyl sites for hydroxylation is 1. The molecule has 2 aromatic carbocycles. The zero-order valence-electron chi connectivity index (χ0n) is 16.0. The number of ether oxygens (including phenoxy) is 1. The van der Waals surface area contributed by atoms with E-state index in [-0.39, 0.29) is 24.9 Å². The molecule has 1 N–H and O–H groups in total. The first-order valence-corrected chi connectivity index (χ1v) is 9.00. The average Bonchev–Trinajstić information content (AvgIpc) is 3.10. The summed E-state index contributed by atoms with van der Waals surface area (Å²) in [5, 5.41) is 10.9. The molecular weight excluding hydrogens is 358 g/mol. The van der Waals surface area contributed by atoms with Crippen molar-refractivity contribution in [3.8, 4) is 0 Å². The van der Waals surface area contributed by atoms with Gasteiger partial charge in [-0.2, -0.15) is 0 Å². The summed E-state index contributed by atoms with van der Waals surface area (Å²) in [5.74, 6) is -0.496. The van der Waals surface area contributed by atoms with Crippen molar-refractivity contribution in [3.05, 3.63) is 54.1 Å². The number of nitrogens with zero attached hydrogens (tertiary/aromatic N) is 4. The van der Waals surface area contributed by atoms with E-state index in [2.05, 4.69) is 15.6 Å². The van der Waals surface area contributed by atoms with Crippen molar-refractivity contribution in [2.45, 2.75) is 13.5 Å². The smallest absolute Gasteiger partial charge is 0.249 e. The number of fused-ring (bicyclic) bond motifs is 1. The van der Waals surface area contributed by atoms with Gasteiger partial charge in [-0.25, -0.2) is 4.68 Å². The van der Waals surface area contributed by atoms with Gasteiger partial charge in [0.05, 0.1) is 12.1 Å². The first-order valence-electron chi connectivity index (χ1n) is 9.00. The molecule has 28 heavy (non-hydrogen) atoms. The molecule has 1 aromatic heterocycles. The van der Waals surface area contributed by atoms with Crippen LogP contribution in [0.2, 0.25) is 0 Å². The second-order valence-electron chi connectivity index (χ2n) is 6.34. The summed E-state index contributed by atoms with van der Waals surface area (Å²) < 4.78 is 6.49. The first kappa shape index (κ1) is 19.5. The lowest BCUT2D eigenvalue weighted by Gasteiger charge is -2.24. The molecule has 0 aliphatic heterocycles. The number of carbonyl (C=O) groups is 2. The van der Waals surface area contributed by atoms with Crippen LogP contribution in [0.1, 0.15) is 5.56 Å². The Hall–Kier alpha value is -3.26. The number of rotatable bonds is 8. The Labute approximate surface area is 163 Å². The number of amides is 2. The third-order valence-corrected chi connectivity index (χ3v) is 4.34. The lowest BCUT2D eigenvalue weighted by atomic mass is 10.1. The third-order valence-electron chi connectivity index (χ3n) is 4.34. The van der Waals surface area contributed by atoms with Crippen LogP contribution in [-0.2, 0) is 20.9 Å². The number of hydrogen-bond acceptors (Lipinski definition) is 5. The Morgan fingerprint density at radius 3 is 2.68 bits per heavy atom. The molecule has 146 valence electrons. The lowest BCUT2D eigenvalue weighted by molar-refractivity contribution is -0.124. The van der Waals surface area contributed by atoms with Gasteiger partial charge in [0.25, 0.3) is 0 Å². The molecule has 0 fully saturated rings. The number of aromatic nitrogens is 3. The van der Waals surface area contributed by atoms with Gasteiger partial charge >= 0.3 is 0 Å². The zero-order chi connectivity index (χ0) is 19.9. The molecule has 3 rings (SSSR count). The average molecular weight is 381 g/mol. The molecule has 0 saturated carbocycles. The van der Waals surface area contributed by atoms with Crippen LogP contribution in [0.25, 0.3) is 11.0 Å². The molecule has 0 bridgehead atoms. The van der Waals surface area contributed by atoms with Crippen molar-refractivity contribution < 1.29 is 14.3 Å². The predicted molar refractivity (Wildman–Crippen MR) is 106 cm³/mol. The number of nitrogens with one attached hydrogen (secondary N) is 1. The first-order chi connectivity index (χ1) is 13.6. The van der Waals surface area contributed by atoms with E-state index in [1.54, 1.807) is 11.8 Å². The van der Waals surface area contributed by atoms with Crippen molar-refractivity contribution in [1.82, 2.24) is 20.3 Å². The minimum atomic E-state index is -0.253. The van der Waals surface area contributed by atoms with Gasteiger partial charge in [0.1, 0.15) is 18.6 Å².